The first kappa shape index (κ1) is 17.1. The molecule has 1 heterocycles. The summed E-state index contributed by atoms with van der Waals surface area (Å²) in [7, 11) is 0. The van der Waals surface area contributed by atoms with Gasteiger partial charge in [0.1, 0.15) is 5.82 Å². The zero-order chi connectivity index (χ0) is 16.7. The number of nitrogens with two attached hydrogens (primary N) is 1. The van der Waals surface area contributed by atoms with E-state index < -0.39 is 0 Å². The molecule has 1 aromatic heterocycles. The van der Waals surface area contributed by atoms with Crippen LogP contribution in [0.5, 0.6) is 5.88 Å². The highest BCUT2D eigenvalue weighted by atomic mass is 16.5. The minimum absolute atomic E-state index is 0.553. The maximum absolute atomic E-state index is 5.86. The first-order valence-electron chi connectivity index (χ1n) is 8.29. The van der Waals surface area contributed by atoms with Gasteiger partial charge in [-0.15, -0.1) is 0 Å². The Morgan fingerprint density at radius 2 is 2.00 bits per heavy atom. The summed E-state index contributed by atoms with van der Waals surface area (Å²) in [5, 5.41) is 3.45. The Labute approximate surface area is 139 Å². The standard InChI is InChI=1S/C19H27N3O/c1-4-16-8-7-9-17(13-16)21-10-5-6-11-23-18-12-14(2)15(3)19(20)22-18/h7-9,12-13,21H,4-6,10-11H2,1-3H3,(H2,20,22). The molecule has 2 aromatic rings. The van der Waals surface area contributed by atoms with E-state index in [9.17, 15) is 0 Å². The lowest BCUT2D eigenvalue weighted by molar-refractivity contribution is 0.297. The third-order valence-corrected chi connectivity index (χ3v) is 4.03. The molecule has 0 amide bonds. The van der Waals surface area contributed by atoms with Gasteiger partial charge in [-0.2, -0.15) is 4.98 Å². The van der Waals surface area contributed by atoms with Gasteiger partial charge in [0, 0.05) is 18.3 Å². The van der Waals surface area contributed by atoms with E-state index in [1.54, 1.807) is 0 Å². The van der Waals surface area contributed by atoms with Gasteiger partial charge in [-0.3, -0.25) is 0 Å². The van der Waals surface area contributed by atoms with Crippen LogP contribution in [-0.2, 0) is 6.42 Å². The van der Waals surface area contributed by atoms with Gasteiger partial charge >= 0.3 is 0 Å². The number of ether oxygens (including phenoxy) is 1. The van der Waals surface area contributed by atoms with E-state index in [0.29, 0.717) is 18.3 Å². The Morgan fingerprint density at radius 3 is 2.74 bits per heavy atom. The maximum atomic E-state index is 5.86. The van der Waals surface area contributed by atoms with Crippen LogP contribution in [0.4, 0.5) is 11.5 Å². The first-order valence-corrected chi connectivity index (χ1v) is 8.29. The number of unbranched alkanes of at least 4 members (excludes halogenated alkanes) is 1. The van der Waals surface area contributed by atoms with E-state index >= 15 is 0 Å². The molecule has 0 aliphatic rings. The molecule has 3 N–H and O–H groups in total. The number of aryl methyl sites for hydroxylation is 2. The molecule has 0 unspecified atom stereocenters. The summed E-state index contributed by atoms with van der Waals surface area (Å²) < 4.78 is 5.69. The smallest absolute Gasteiger partial charge is 0.215 e. The molecule has 0 spiro atoms. The van der Waals surface area contributed by atoms with Crippen molar-refractivity contribution in [2.75, 3.05) is 24.2 Å². The number of hydrogen-bond acceptors (Lipinski definition) is 4. The molecule has 1 aromatic carbocycles. The number of benzene rings is 1. The van der Waals surface area contributed by atoms with Crippen LogP contribution >= 0.6 is 0 Å². The van der Waals surface area contributed by atoms with E-state index in [1.165, 1.54) is 11.3 Å². The third kappa shape index (κ3) is 5.16. The van der Waals surface area contributed by atoms with Gasteiger partial charge < -0.3 is 15.8 Å². The lowest BCUT2D eigenvalue weighted by Gasteiger charge is -2.10. The fraction of sp³-hybridized carbons (Fsp3) is 0.421. The van der Waals surface area contributed by atoms with E-state index in [-0.39, 0.29) is 0 Å². The van der Waals surface area contributed by atoms with Crippen LogP contribution in [0, 0.1) is 13.8 Å². The summed E-state index contributed by atoms with van der Waals surface area (Å²) >= 11 is 0. The van der Waals surface area contributed by atoms with E-state index in [0.717, 1.165) is 36.9 Å². The predicted molar refractivity (Wildman–Crippen MR) is 97.2 cm³/mol. The number of anilines is 2. The summed E-state index contributed by atoms with van der Waals surface area (Å²) in [5.74, 6) is 1.17. The van der Waals surface area contributed by atoms with Gasteiger partial charge in [0.2, 0.25) is 5.88 Å². The topological polar surface area (TPSA) is 60.2 Å². The molecule has 0 atom stereocenters. The number of nitrogens with zero attached hydrogens (tertiary/aromatic N) is 1. The number of rotatable bonds is 8. The predicted octanol–water partition coefficient (Wildman–Crippen LogP) is 4.11. The molecule has 0 radical (unpaired) electrons. The molecule has 0 saturated heterocycles. The molecule has 0 aliphatic heterocycles. The highest BCUT2D eigenvalue weighted by molar-refractivity contribution is 5.46. The van der Waals surface area contributed by atoms with Crippen LogP contribution in [0.2, 0.25) is 0 Å². The minimum Gasteiger partial charge on any atom is -0.478 e. The van der Waals surface area contributed by atoms with Gasteiger partial charge in [-0.25, -0.2) is 0 Å². The van der Waals surface area contributed by atoms with Gasteiger partial charge in [0.25, 0.3) is 0 Å². The SMILES string of the molecule is CCc1cccc(NCCCCOc2cc(C)c(C)c(N)n2)c1. The number of pyridine rings is 1. The average molecular weight is 313 g/mol. The molecule has 2 rings (SSSR count). The summed E-state index contributed by atoms with van der Waals surface area (Å²) in [4.78, 5) is 4.26. The molecule has 23 heavy (non-hydrogen) atoms. The highest BCUT2D eigenvalue weighted by Gasteiger charge is 2.04. The van der Waals surface area contributed by atoms with E-state index in [4.69, 9.17) is 10.5 Å². The Kier molecular flexibility index (Phi) is 6.27. The van der Waals surface area contributed by atoms with Gasteiger partial charge in [0.05, 0.1) is 6.61 Å². The molecular formula is C19H27N3O. The van der Waals surface area contributed by atoms with Gasteiger partial charge in [-0.05, 0) is 61.9 Å². The van der Waals surface area contributed by atoms with Crippen molar-refractivity contribution in [1.29, 1.82) is 0 Å². The Hall–Kier alpha value is -2.23. The van der Waals surface area contributed by atoms with Crippen LogP contribution < -0.4 is 15.8 Å². The fourth-order valence-corrected chi connectivity index (χ4v) is 2.34. The van der Waals surface area contributed by atoms with Crippen LogP contribution in [0.25, 0.3) is 0 Å². The zero-order valence-corrected chi connectivity index (χ0v) is 14.4. The molecule has 0 bridgehead atoms. The van der Waals surface area contributed by atoms with Crippen molar-refractivity contribution in [1.82, 2.24) is 4.98 Å². The summed E-state index contributed by atoms with van der Waals surface area (Å²) in [6.45, 7) is 7.77. The Balaban J connectivity index is 1.68. The summed E-state index contributed by atoms with van der Waals surface area (Å²) in [5.41, 5.74) is 10.5. The van der Waals surface area contributed by atoms with Crippen LogP contribution in [-0.4, -0.2) is 18.1 Å². The monoisotopic (exact) mass is 313 g/mol. The van der Waals surface area contributed by atoms with E-state index in [1.807, 2.05) is 19.9 Å². The second-order valence-corrected chi connectivity index (χ2v) is 5.82. The molecular weight excluding hydrogens is 286 g/mol. The zero-order valence-electron chi connectivity index (χ0n) is 14.4. The van der Waals surface area contributed by atoms with Crippen LogP contribution in [0.3, 0.4) is 0 Å². The molecule has 4 nitrogen and oxygen atoms in total. The van der Waals surface area contributed by atoms with Crippen molar-refractivity contribution in [3.8, 4) is 5.88 Å². The second-order valence-electron chi connectivity index (χ2n) is 5.82. The van der Waals surface area contributed by atoms with Crippen molar-refractivity contribution in [2.24, 2.45) is 0 Å². The third-order valence-electron chi connectivity index (χ3n) is 4.03. The largest absolute Gasteiger partial charge is 0.478 e. The van der Waals surface area contributed by atoms with Crippen molar-refractivity contribution >= 4 is 11.5 Å². The van der Waals surface area contributed by atoms with Crippen LogP contribution in [0.15, 0.2) is 30.3 Å². The summed E-state index contributed by atoms with van der Waals surface area (Å²) in [6, 6.07) is 10.5. The number of nitrogen functional groups attached to an aromatic ring is 1. The quantitative estimate of drug-likeness (QED) is 0.720. The molecule has 4 heteroatoms. The number of hydrogen-bond donors (Lipinski definition) is 2. The Bertz CT molecular complexity index is 617. The molecule has 124 valence electrons. The van der Waals surface area contributed by atoms with E-state index in [2.05, 4.69) is 41.5 Å². The lowest BCUT2D eigenvalue weighted by Crippen LogP contribution is -2.06. The van der Waals surface area contributed by atoms with Crippen molar-refractivity contribution < 1.29 is 4.74 Å². The van der Waals surface area contributed by atoms with Crippen molar-refractivity contribution in [3.63, 3.8) is 0 Å². The van der Waals surface area contributed by atoms with Gasteiger partial charge in [0.15, 0.2) is 0 Å². The lowest BCUT2D eigenvalue weighted by atomic mass is 10.1. The first-order chi connectivity index (χ1) is 11.1. The fourth-order valence-electron chi connectivity index (χ4n) is 2.34. The van der Waals surface area contributed by atoms with Crippen molar-refractivity contribution in [3.05, 3.63) is 47.0 Å². The van der Waals surface area contributed by atoms with Crippen molar-refractivity contribution in [2.45, 2.75) is 40.0 Å². The van der Waals surface area contributed by atoms with Gasteiger partial charge in [-0.1, -0.05) is 19.1 Å². The minimum atomic E-state index is 0.553. The maximum Gasteiger partial charge on any atom is 0.215 e. The highest BCUT2D eigenvalue weighted by Crippen LogP contribution is 2.19. The molecule has 0 saturated carbocycles. The van der Waals surface area contributed by atoms with Crippen LogP contribution in [0.1, 0.15) is 36.5 Å². The molecule has 0 aliphatic carbocycles. The average Bonchev–Trinajstić information content (AvgIpc) is 2.56. The molecule has 0 fully saturated rings. The number of aromatic nitrogens is 1. The second kappa shape index (κ2) is 8.42. The number of nitrogens with one attached hydrogen (secondary N) is 1. The normalized spacial score (nSPS) is 10.6. The summed E-state index contributed by atoms with van der Waals surface area (Å²) in [6.07, 6.45) is 3.10. The Morgan fingerprint density at radius 1 is 1.17 bits per heavy atom.